The quantitative estimate of drug-likeness (QED) is 0.777. The molecule has 1 N–H and O–H groups in total. The highest BCUT2D eigenvalue weighted by molar-refractivity contribution is 5.47. The average Bonchev–Trinajstić information content (AvgIpc) is 2.42. The van der Waals surface area contributed by atoms with Gasteiger partial charge in [-0.15, -0.1) is 0 Å². The van der Waals surface area contributed by atoms with Gasteiger partial charge in [-0.2, -0.15) is 0 Å². The van der Waals surface area contributed by atoms with Gasteiger partial charge in [-0.05, 0) is 29.5 Å². The molecule has 0 aromatic heterocycles. The Morgan fingerprint density at radius 3 is 2.24 bits per heavy atom. The van der Waals surface area contributed by atoms with Crippen molar-refractivity contribution in [2.24, 2.45) is 5.41 Å². The third kappa shape index (κ3) is 4.28. The molecule has 1 atom stereocenters. The summed E-state index contributed by atoms with van der Waals surface area (Å²) in [6.07, 6.45) is 0.812. The Balaban J connectivity index is 2.30. The van der Waals surface area contributed by atoms with E-state index in [1.165, 1.54) is 6.07 Å². The van der Waals surface area contributed by atoms with Gasteiger partial charge in [0, 0.05) is 0 Å². The van der Waals surface area contributed by atoms with Crippen molar-refractivity contribution in [3.63, 3.8) is 0 Å². The maximum atomic E-state index is 13.9. The van der Waals surface area contributed by atoms with Crippen LogP contribution in [-0.2, 0) is 0 Å². The predicted octanol–water partition coefficient (Wildman–Crippen LogP) is 5.55. The van der Waals surface area contributed by atoms with Crippen molar-refractivity contribution in [1.29, 1.82) is 0 Å². The van der Waals surface area contributed by atoms with Crippen LogP contribution in [0.25, 0.3) is 0 Å². The van der Waals surface area contributed by atoms with Crippen LogP contribution in [0.5, 0.6) is 0 Å². The maximum Gasteiger partial charge on any atom is 0.181 e. The maximum absolute atomic E-state index is 13.9. The zero-order chi connectivity index (χ0) is 15.5. The van der Waals surface area contributed by atoms with Gasteiger partial charge in [-0.25, -0.2) is 8.78 Å². The lowest BCUT2D eigenvalue weighted by atomic mass is 9.85. The fourth-order valence-corrected chi connectivity index (χ4v) is 2.35. The van der Waals surface area contributed by atoms with Crippen LogP contribution in [0, 0.1) is 17.0 Å². The van der Waals surface area contributed by atoms with Crippen molar-refractivity contribution in [1.82, 2.24) is 0 Å². The second kappa shape index (κ2) is 6.25. The number of hydrogen-bond donors (Lipinski definition) is 1. The number of nitrogens with one attached hydrogen (secondary N) is 1. The van der Waals surface area contributed by atoms with Crippen LogP contribution in [-0.4, -0.2) is 0 Å². The largest absolute Gasteiger partial charge is 0.376 e. The normalized spacial score (nSPS) is 13.0. The molecule has 21 heavy (non-hydrogen) atoms. The fraction of sp³-hybridized carbons (Fsp3) is 0.333. The Morgan fingerprint density at radius 1 is 0.952 bits per heavy atom. The van der Waals surface area contributed by atoms with Crippen LogP contribution in [0.3, 0.4) is 0 Å². The molecule has 0 heterocycles. The summed E-state index contributed by atoms with van der Waals surface area (Å²) < 4.78 is 27.2. The van der Waals surface area contributed by atoms with Crippen molar-refractivity contribution in [3.05, 3.63) is 65.7 Å². The molecular formula is C18H21F2N. The molecule has 2 aromatic rings. The minimum absolute atomic E-state index is 0.0668. The zero-order valence-electron chi connectivity index (χ0n) is 12.7. The molecule has 0 spiro atoms. The summed E-state index contributed by atoms with van der Waals surface area (Å²) in [7, 11) is 0. The summed E-state index contributed by atoms with van der Waals surface area (Å²) >= 11 is 0. The molecule has 0 saturated carbocycles. The van der Waals surface area contributed by atoms with Crippen molar-refractivity contribution in [3.8, 4) is 0 Å². The second-order valence-electron chi connectivity index (χ2n) is 6.47. The van der Waals surface area contributed by atoms with Crippen molar-refractivity contribution in [2.75, 3.05) is 5.32 Å². The van der Waals surface area contributed by atoms with Crippen molar-refractivity contribution in [2.45, 2.75) is 33.2 Å². The van der Waals surface area contributed by atoms with Gasteiger partial charge < -0.3 is 5.32 Å². The summed E-state index contributed by atoms with van der Waals surface area (Å²) in [6.45, 7) is 6.39. The zero-order valence-corrected chi connectivity index (χ0v) is 12.7. The van der Waals surface area contributed by atoms with E-state index >= 15 is 0 Å². The van der Waals surface area contributed by atoms with Crippen LogP contribution in [0.2, 0.25) is 0 Å². The van der Waals surface area contributed by atoms with Crippen LogP contribution in [0.1, 0.15) is 38.8 Å². The number of benzene rings is 2. The number of anilines is 1. The van der Waals surface area contributed by atoms with E-state index in [1.54, 1.807) is 6.07 Å². The van der Waals surface area contributed by atoms with E-state index in [4.69, 9.17) is 0 Å². The molecule has 112 valence electrons. The highest BCUT2D eigenvalue weighted by Crippen LogP contribution is 2.33. The standard InChI is InChI=1S/C18H21F2N/c1-18(2,3)12-16(13-8-5-4-6-9-13)21-15-11-7-10-14(19)17(15)20/h4-11,16,21H,12H2,1-3H3. The number of hydrogen-bond acceptors (Lipinski definition) is 1. The molecule has 0 fully saturated rings. The van der Waals surface area contributed by atoms with Gasteiger partial charge >= 0.3 is 0 Å². The van der Waals surface area contributed by atoms with Crippen molar-refractivity contribution < 1.29 is 8.78 Å². The fourth-order valence-electron chi connectivity index (χ4n) is 2.35. The van der Waals surface area contributed by atoms with Crippen LogP contribution in [0.15, 0.2) is 48.5 Å². The monoisotopic (exact) mass is 289 g/mol. The SMILES string of the molecule is CC(C)(C)CC(Nc1cccc(F)c1F)c1ccccc1. The molecule has 0 bridgehead atoms. The Kier molecular flexibility index (Phi) is 4.61. The predicted molar refractivity (Wildman–Crippen MR) is 83.2 cm³/mol. The van der Waals surface area contributed by atoms with Crippen LogP contribution in [0.4, 0.5) is 14.5 Å². The first-order chi connectivity index (χ1) is 9.87. The van der Waals surface area contributed by atoms with Gasteiger partial charge in [0.2, 0.25) is 0 Å². The van der Waals surface area contributed by atoms with Gasteiger partial charge in [0.05, 0.1) is 11.7 Å². The summed E-state index contributed by atoms with van der Waals surface area (Å²) in [5.41, 5.74) is 1.33. The molecule has 0 saturated heterocycles. The molecule has 0 radical (unpaired) electrons. The van der Waals surface area contributed by atoms with E-state index in [9.17, 15) is 8.78 Å². The van der Waals surface area contributed by atoms with Crippen molar-refractivity contribution >= 4 is 5.69 Å². The minimum Gasteiger partial charge on any atom is -0.376 e. The van der Waals surface area contributed by atoms with Crippen LogP contribution < -0.4 is 5.32 Å². The molecule has 0 aliphatic heterocycles. The first-order valence-electron chi connectivity index (χ1n) is 7.12. The highest BCUT2D eigenvalue weighted by Gasteiger charge is 2.21. The third-order valence-corrected chi connectivity index (χ3v) is 3.30. The molecule has 1 unspecified atom stereocenters. The van der Waals surface area contributed by atoms with Gasteiger partial charge in [0.15, 0.2) is 11.6 Å². The molecule has 0 aliphatic carbocycles. The first-order valence-corrected chi connectivity index (χ1v) is 7.12. The van der Waals surface area contributed by atoms with Crippen LogP contribution >= 0.6 is 0 Å². The van der Waals surface area contributed by atoms with E-state index in [1.807, 2.05) is 30.3 Å². The van der Waals surface area contributed by atoms with E-state index < -0.39 is 11.6 Å². The first kappa shape index (κ1) is 15.5. The lowest BCUT2D eigenvalue weighted by Crippen LogP contribution is -2.19. The molecule has 2 aromatic carbocycles. The Labute approximate surface area is 125 Å². The molecule has 2 rings (SSSR count). The average molecular weight is 289 g/mol. The summed E-state index contributed by atoms with van der Waals surface area (Å²) in [5.74, 6) is -1.66. The Hall–Kier alpha value is -1.90. The summed E-state index contributed by atoms with van der Waals surface area (Å²) in [6, 6.07) is 14.0. The Morgan fingerprint density at radius 2 is 1.62 bits per heavy atom. The van der Waals surface area contributed by atoms with Gasteiger partial charge in [-0.1, -0.05) is 57.2 Å². The highest BCUT2D eigenvalue weighted by atomic mass is 19.2. The lowest BCUT2D eigenvalue weighted by Gasteiger charge is -2.28. The number of rotatable bonds is 4. The second-order valence-corrected chi connectivity index (χ2v) is 6.47. The number of halogens is 2. The third-order valence-electron chi connectivity index (χ3n) is 3.30. The smallest absolute Gasteiger partial charge is 0.181 e. The topological polar surface area (TPSA) is 12.0 Å². The van der Waals surface area contributed by atoms with Gasteiger partial charge in [0.25, 0.3) is 0 Å². The Bertz CT molecular complexity index is 588. The van der Waals surface area contributed by atoms with E-state index in [0.29, 0.717) is 0 Å². The van der Waals surface area contributed by atoms with E-state index in [2.05, 4.69) is 26.1 Å². The molecular weight excluding hydrogens is 268 g/mol. The lowest BCUT2D eigenvalue weighted by molar-refractivity contribution is 0.351. The molecule has 0 amide bonds. The summed E-state index contributed by atoms with van der Waals surface area (Å²) in [5, 5.41) is 3.15. The van der Waals surface area contributed by atoms with E-state index in [0.717, 1.165) is 18.1 Å². The molecule has 0 aliphatic rings. The minimum atomic E-state index is -0.831. The summed E-state index contributed by atoms with van der Waals surface area (Å²) in [4.78, 5) is 0. The van der Waals surface area contributed by atoms with Gasteiger partial charge in [0.1, 0.15) is 0 Å². The molecule has 1 nitrogen and oxygen atoms in total. The van der Waals surface area contributed by atoms with E-state index in [-0.39, 0.29) is 17.1 Å². The molecule has 3 heteroatoms. The van der Waals surface area contributed by atoms with Gasteiger partial charge in [-0.3, -0.25) is 0 Å².